The molecule has 19 heavy (non-hydrogen) atoms. The number of oxazole rings is 1. The molecule has 4 heteroatoms. The number of hydrogen-bond acceptors (Lipinski definition) is 3. The second-order valence-corrected chi connectivity index (χ2v) is 4.70. The lowest BCUT2D eigenvalue weighted by atomic mass is 10.1. The average molecular weight is 255 g/mol. The van der Waals surface area contributed by atoms with Crippen molar-refractivity contribution in [2.45, 2.75) is 13.3 Å². The minimum Gasteiger partial charge on any atom is -0.448 e. The van der Waals surface area contributed by atoms with Crippen molar-refractivity contribution in [3.05, 3.63) is 42.1 Å². The molecule has 0 spiro atoms. The third kappa shape index (κ3) is 1.85. The number of fused-ring (bicyclic) bond motifs is 1. The Morgan fingerprint density at radius 1 is 1.32 bits per heavy atom. The van der Waals surface area contributed by atoms with Crippen LogP contribution in [0.4, 0.5) is 0 Å². The highest BCUT2D eigenvalue weighted by Gasteiger charge is 2.16. The van der Waals surface area contributed by atoms with Gasteiger partial charge in [-0.15, -0.1) is 0 Å². The Morgan fingerprint density at radius 3 is 2.89 bits per heavy atom. The van der Waals surface area contributed by atoms with E-state index < -0.39 is 0 Å². The summed E-state index contributed by atoms with van der Waals surface area (Å²) in [6, 6.07) is 8.34. The van der Waals surface area contributed by atoms with Gasteiger partial charge in [0.15, 0.2) is 5.89 Å². The number of benzene rings is 1. The predicted octanol–water partition coefficient (Wildman–Crippen LogP) is 2.64. The molecule has 0 saturated carbocycles. The largest absolute Gasteiger partial charge is 0.448 e. The van der Waals surface area contributed by atoms with Crippen molar-refractivity contribution < 1.29 is 4.42 Å². The van der Waals surface area contributed by atoms with Crippen molar-refractivity contribution >= 4 is 10.9 Å². The lowest BCUT2D eigenvalue weighted by Crippen LogP contribution is -2.02. The van der Waals surface area contributed by atoms with Gasteiger partial charge in [0.05, 0.1) is 0 Å². The molecule has 0 amide bonds. The van der Waals surface area contributed by atoms with Crippen molar-refractivity contribution in [1.82, 2.24) is 9.55 Å². The van der Waals surface area contributed by atoms with Crippen LogP contribution in [0.3, 0.4) is 0 Å². The molecule has 2 aromatic heterocycles. The smallest absolute Gasteiger partial charge is 0.195 e. The van der Waals surface area contributed by atoms with Crippen LogP contribution in [0.25, 0.3) is 22.2 Å². The molecule has 3 rings (SSSR count). The minimum absolute atomic E-state index is 0.550. The molecule has 0 aliphatic heterocycles. The Bertz CT molecular complexity index is 724. The first-order valence-electron chi connectivity index (χ1n) is 6.41. The molecule has 0 bridgehead atoms. The quantitative estimate of drug-likeness (QED) is 0.782. The van der Waals surface area contributed by atoms with Gasteiger partial charge in [-0.1, -0.05) is 18.2 Å². The highest BCUT2D eigenvalue weighted by Crippen LogP contribution is 2.33. The van der Waals surface area contributed by atoms with Crippen LogP contribution in [0.1, 0.15) is 11.6 Å². The fourth-order valence-corrected chi connectivity index (χ4v) is 2.51. The van der Waals surface area contributed by atoms with E-state index >= 15 is 0 Å². The van der Waals surface area contributed by atoms with Gasteiger partial charge >= 0.3 is 0 Å². The van der Waals surface area contributed by atoms with E-state index in [1.807, 2.05) is 12.1 Å². The molecule has 4 nitrogen and oxygen atoms in total. The molecule has 2 N–H and O–H groups in total. The molecule has 3 aromatic rings. The zero-order valence-corrected chi connectivity index (χ0v) is 11.2. The van der Waals surface area contributed by atoms with Crippen LogP contribution in [-0.2, 0) is 13.5 Å². The summed E-state index contributed by atoms with van der Waals surface area (Å²) in [5, 5.41) is 1.20. The molecule has 0 fully saturated rings. The second kappa shape index (κ2) is 4.55. The molecule has 1 aromatic carbocycles. The molecule has 0 aliphatic rings. The summed E-state index contributed by atoms with van der Waals surface area (Å²) in [6.07, 6.45) is 2.39. The molecular formula is C15H17N3O. The number of nitrogens with two attached hydrogens (primary N) is 1. The SMILES string of the molecule is Cc1c(-c2coc(CCN)n2)c2ccccc2n1C. The maximum atomic E-state index is 5.53. The van der Waals surface area contributed by atoms with E-state index in [1.165, 1.54) is 16.6 Å². The standard InChI is InChI=1S/C15H17N3O/c1-10-15(12-9-19-14(17-12)7-8-16)11-5-3-4-6-13(11)18(10)2/h3-6,9H,7-8,16H2,1-2H3. The zero-order valence-electron chi connectivity index (χ0n) is 11.2. The summed E-state index contributed by atoms with van der Waals surface area (Å²) in [5.74, 6) is 0.699. The Hall–Kier alpha value is -2.07. The summed E-state index contributed by atoms with van der Waals surface area (Å²) in [6.45, 7) is 2.65. The van der Waals surface area contributed by atoms with E-state index in [0.717, 1.165) is 11.3 Å². The van der Waals surface area contributed by atoms with Crippen molar-refractivity contribution in [3.8, 4) is 11.3 Å². The van der Waals surface area contributed by atoms with E-state index in [4.69, 9.17) is 10.2 Å². The van der Waals surface area contributed by atoms with Gasteiger partial charge in [-0.3, -0.25) is 0 Å². The summed E-state index contributed by atoms with van der Waals surface area (Å²) >= 11 is 0. The monoisotopic (exact) mass is 255 g/mol. The van der Waals surface area contributed by atoms with E-state index in [1.54, 1.807) is 6.26 Å². The van der Waals surface area contributed by atoms with Gasteiger partial charge in [0.25, 0.3) is 0 Å². The minimum atomic E-state index is 0.550. The summed E-state index contributed by atoms with van der Waals surface area (Å²) in [4.78, 5) is 4.53. The van der Waals surface area contributed by atoms with Crippen LogP contribution in [0.15, 0.2) is 34.9 Å². The number of rotatable bonds is 3. The molecule has 2 heterocycles. The first-order chi connectivity index (χ1) is 9.22. The van der Waals surface area contributed by atoms with E-state index in [0.29, 0.717) is 18.9 Å². The summed E-state index contributed by atoms with van der Waals surface area (Å²) in [5.41, 5.74) is 9.95. The van der Waals surface area contributed by atoms with E-state index in [2.05, 4.69) is 35.7 Å². The van der Waals surface area contributed by atoms with Gasteiger partial charge in [-0.25, -0.2) is 4.98 Å². The van der Waals surface area contributed by atoms with Gasteiger partial charge in [-0.05, 0) is 13.0 Å². The van der Waals surface area contributed by atoms with Crippen LogP contribution < -0.4 is 5.73 Å². The van der Waals surface area contributed by atoms with Crippen LogP contribution in [-0.4, -0.2) is 16.1 Å². The fraction of sp³-hybridized carbons (Fsp3) is 0.267. The van der Waals surface area contributed by atoms with Crippen LogP contribution >= 0.6 is 0 Å². The predicted molar refractivity (Wildman–Crippen MR) is 75.9 cm³/mol. The third-order valence-electron chi connectivity index (χ3n) is 3.57. The number of para-hydroxylation sites is 1. The fourth-order valence-electron chi connectivity index (χ4n) is 2.51. The average Bonchev–Trinajstić information content (AvgIpc) is 2.96. The maximum Gasteiger partial charge on any atom is 0.195 e. The van der Waals surface area contributed by atoms with Crippen molar-refractivity contribution in [1.29, 1.82) is 0 Å². The topological polar surface area (TPSA) is 57.0 Å². The van der Waals surface area contributed by atoms with Crippen LogP contribution in [0, 0.1) is 6.92 Å². The van der Waals surface area contributed by atoms with Crippen LogP contribution in [0.2, 0.25) is 0 Å². The first-order valence-corrected chi connectivity index (χ1v) is 6.41. The van der Waals surface area contributed by atoms with Gasteiger partial charge < -0.3 is 14.7 Å². The van der Waals surface area contributed by atoms with Gasteiger partial charge in [-0.2, -0.15) is 0 Å². The number of aryl methyl sites for hydroxylation is 1. The number of hydrogen-bond donors (Lipinski definition) is 1. The number of aromatic nitrogens is 2. The Balaban J connectivity index is 2.21. The molecular weight excluding hydrogens is 238 g/mol. The van der Waals surface area contributed by atoms with Crippen molar-refractivity contribution in [2.24, 2.45) is 12.8 Å². The second-order valence-electron chi connectivity index (χ2n) is 4.70. The molecule has 0 radical (unpaired) electrons. The molecule has 0 aliphatic carbocycles. The summed E-state index contributed by atoms with van der Waals surface area (Å²) < 4.78 is 7.65. The highest BCUT2D eigenvalue weighted by atomic mass is 16.3. The molecule has 0 atom stereocenters. The molecule has 0 unspecified atom stereocenters. The molecule has 98 valence electrons. The van der Waals surface area contributed by atoms with E-state index in [9.17, 15) is 0 Å². The highest BCUT2D eigenvalue weighted by molar-refractivity contribution is 5.96. The zero-order chi connectivity index (χ0) is 13.4. The first kappa shape index (κ1) is 12.0. The maximum absolute atomic E-state index is 5.53. The lowest BCUT2D eigenvalue weighted by molar-refractivity contribution is 0.496. The Morgan fingerprint density at radius 2 is 2.11 bits per heavy atom. The Labute approximate surface area is 111 Å². The summed E-state index contributed by atoms with van der Waals surface area (Å²) in [7, 11) is 2.07. The van der Waals surface area contributed by atoms with Gasteiger partial charge in [0, 0.05) is 42.2 Å². The lowest BCUT2D eigenvalue weighted by Gasteiger charge is -1.98. The number of nitrogens with zero attached hydrogens (tertiary/aromatic N) is 2. The van der Waals surface area contributed by atoms with Crippen LogP contribution in [0.5, 0.6) is 0 Å². The van der Waals surface area contributed by atoms with Crippen molar-refractivity contribution in [2.75, 3.05) is 6.54 Å². The third-order valence-corrected chi connectivity index (χ3v) is 3.57. The van der Waals surface area contributed by atoms with E-state index in [-0.39, 0.29) is 0 Å². The van der Waals surface area contributed by atoms with Crippen molar-refractivity contribution in [3.63, 3.8) is 0 Å². The molecule has 0 saturated heterocycles. The van der Waals surface area contributed by atoms with Gasteiger partial charge in [0.2, 0.25) is 0 Å². The Kier molecular flexibility index (Phi) is 2.87. The van der Waals surface area contributed by atoms with Gasteiger partial charge in [0.1, 0.15) is 12.0 Å². The normalized spacial score (nSPS) is 11.3.